The van der Waals surface area contributed by atoms with E-state index < -0.39 is 6.10 Å². The number of thioether (sulfide) groups is 1. The van der Waals surface area contributed by atoms with E-state index in [1.165, 1.54) is 0 Å². The van der Waals surface area contributed by atoms with Crippen LogP contribution in [0.15, 0.2) is 23.2 Å². The first-order valence-electron chi connectivity index (χ1n) is 9.17. The van der Waals surface area contributed by atoms with Crippen LogP contribution < -0.4 is 14.8 Å². The Morgan fingerprint density at radius 1 is 1.38 bits per heavy atom. The van der Waals surface area contributed by atoms with Gasteiger partial charge in [-0.3, -0.25) is 4.99 Å². The number of aliphatic hydroxyl groups is 1. The molecule has 26 heavy (non-hydrogen) atoms. The molecule has 1 fully saturated rings. The first kappa shape index (κ1) is 20.7. The van der Waals surface area contributed by atoms with Crippen LogP contribution in [-0.2, 0) is 0 Å². The van der Waals surface area contributed by atoms with Crippen molar-refractivity contribution in [2.24, 2.45) is 4.99 Å². The minimum absolute atomic E-state index is 0.270. The Balaban J connectivity index is 2.13. The predicted octanol–water partition coefficient (Wildman–Crippen LogP) is 2.53. The topological polar surface area (TPSA) is 66.3 Å². The lowest BCUT2D eigenvalue weighted by Crippen LogP contribution is -2.48. The van der Waals surface area contributed by atoms with E-state index in [4.69, 9.17) is 9.47 Å². The predicted molar refractivity (Wildman–Crippen MR) is 109 cm³/mol. The molecule has 2 N–H and O–H groups in total. The molecule has 0 bridgehead atoms. The minimum Gasteiger partial charge on any atom is -0.497 e. The molecule has 0 radical (unpaired) electrons. The zero-order valence-electron chi connectivity index (χ0n) is 16.2. The van der Waals surface area contributed by atoms with Crippen LogP contribution in [0.3, 0.4) is 0 Å². The molecular formula is C19H31N3O3S. The standard InChI is InChI=1S/C19H31N3O3S/c1-5-15-13-22(9-10-26-15)19(20-6-2)21-12-17(23)16-11-14(24-3)7-8-18(16)25-4/h7-8,11,15,17,23H,5-6,9-10,12-13H2,1-4H3,(H,20,21). The van der Waals surface area contributed by atoms with Gasteiger partial charge in [-0.05, 0) is 31.5 Å². The number of nitrogens with zero attached hydrogens (tertiary/aromatic N) is 2. The fourth-order valence-electron chi connectivity index (χ4n) is 2.96. The first-order chi connectivity index (χ1) is 12.6. The Hall–Kier alpha value is -1.60. The molecular weight excluding hydrogens is 350 g/mol. The van der Waals surface area contributed by atoms with Gasteiger partial charge < -0.3 is 24.8 Å². The third kappa shape index (κ3) is 5.45. The molecule has 1 aliphatic heterocycles. The van der Waals surface area contributed by atoms with Crippen LogP contribution in [0.1, 0.15) is 31.9 Å². The van der Waals surface area contributed by atoms with E-state index in [1.54, 1.807) is 26.4 Å². The van der Waals surface area contributed by atoms with Crippen LogP contribution in [0.4, 0.5) is 0 Å². The van der Waals surface area contributed by atoms with Crippen molar-refractivity contribution in [3.8, 4) is 11.5 Å². The van der Waals surface area contributed by atoms with Crippen molar-refractivity contribution in [3.05, 3.63) is 23.8 Å². The SMILES string of the molecule is CCNC(=NCC(O)c1cc(OC)ccc1OC)N1CCSC(CC)C1. The van der Waals surface area contributed by atoms with Gasteiger partial charge in [-0.2, -0.15) is 11.8 Å². The molecule has 1 aromatic carbocycles. The number of methoxy groups -OCH3 is 2. The van der Waals surface area contributed by atoms with Crippen molar-refractivity contribution in [2.75, 3.05) is 46.2 Å². The summed E-state index contributed by atoms with van der Waals surface area (Å²) in [7, 11) is 3.21. The molecule has 0 aliphatic carbocycles. The molecule has 0 spiro atoms. The number of hydrogen-bond donors (Lipinski definition) is 2. The highest BCUT2D eigenvalue weighted by Crippen LogP contribution is 2.29. The summed E-state index contributed by atoms with van der Waals surface area (Å²) in [5.41, 5.74) is 0.687. The van der Waals surface area contributed by atoms with E-state index in [2.05, 4.69) is 29.1 Å². The average molecular weight is 382 g/mol. The zero-order valence-corrected chi connectivity index (χ0v) is 17.0. The number of aliphatic imine (C=N–C) groups is 1. The van der Waals surface area contributed by atoms with Crippen LogP contribution >= 0.6 is 11.8 Å². The maximum Gasteiger partial charge on any atom is 0.194 e. The van der Waals surface area contributed by atoms with Crippen molar-refractivity contribution < 1.29 is 14.6 Å². The highest BCUT2D eigenvalue weighted by atomic mass is 32.2. The summed E-state index contributed by atoms with van der Waals surface area (Å²) in [4.78, 5) is 6.98. The summed E-state index contributed by atoms with van der Waals surface area (Å²) in [5, 5.41) is 14.7. The number of nitrogens with one attached hydrogen (secondary N) is 1. The zero-order chi connectivity index (χ0) is 18.9. The Kier molecular flexibility index (Phi) is 8.38. The summed E-state index contributed by atoms with van der Waals surface area (Å²) in [6, 6.07) is 5.43. The summed E-state index contributed by atoms with van der Waals surface area (Å²) < 4.78 is 10.6. The Morgan fingerprint density at radius 3 is 2.85 bits per heavy atom. The van der Waals surface area contributed by atoms with E-state index in [9.17, 15) is 5.11 Å². The molecule has 146 valence electrons. The molecule has 1 saturated heterocycles. The van der Waals surface area contributed by atoms with E-state index in [1.807, 2.05) is 17.8 Å². The van der Waals surface area contributed by atoms with E-state index in [0.29, 0.717) is 22.3 Å². The van der Waals surface area contributed by atoms with Crippen molar-refractivity contribution >= 4 is 17.7 Å². The van der Waals surface area contributed by atoms with Gasteiger partial charge >= 0.3 is 0 Å². The highest BCUT2D eigenvalue weighted by molar-refractivity contribution is 8.00. The van der Waals surface area contributed by atoms with Gasteiger partial charge in [-0.1, -0.05) is 6.92 Å². The average Bonchev–Trinajstić information content (AvgIpc) is 2.70. The lowest BCUT2D eigenvalue weighted by Gasteiger charge is -2.34. The number of aliphatic hydroxyl groups excluding tert-OH is 1. The van der Waals surface area contributed by atoms with Gasteiger partial charge in [0.1, 0.15) is 17.6 Å². The first-order valence-corrected chi connectivity index (χ1v) is 10.2. The molecule has 1 heterocycles. The molecule has 6 nitrogen and oxygen atoms in total. The Labute approximate surface area is 161 Å². The van der Waals surface area contributed by atoms with Crippen molar-refractivity contribution in [2.45, 2.75) is 31.6 Å². The minimum atomic E-state index is -0.755. The van der Waals surface area contributed by atoms with Gasteiger partial charge in [0, 0.05) is 36.2 Å². The summed E-state index contributed by atoms with van der Waals surface area (Å²) in [6.45, 7) is 7.33. The lowest BCUT2D eigenvalue weighted by molar-refractivity contribution is 0.181. The summed E-state index contributed by atoms with van der Waals surface area (Å²) in [6.07, 6.45) is 0.402. The van der Waals surface area contributed by atoms with Gasteiger partial charge in [0.15, 0.2) is 5.96 Å². The third-order valence-corrected chi connectivity index (χ3v) is 5.81. The van der Waals surface area contributed by atoms with Crippen LogP contribution in [0, 0.1) is 0 Å². The largest absolute Gasteiger partial charge is 0.497 e. The van der Waals surface area contributed by atoms with Gasteiger partial charge in [-0.25, -0.2) is 0 Å². The molecule has 2 unspecified atom stereocenters. The van der Waals surface area contributed by atoms with Crippen molar-refractivity contribution in [3.63, 3.8) is 0 Å². The van der Waals surface area contributed by atoms with E-state index in [-0.39, 0.29) is 6.54 Å². The fourth-order valence-corrected chi connectivity index (χ4v) is 4.14. The second-order valence-electron chi connectivity index (χ2n) is 6.17. The molecule has 7 heteroatoms. The van der Waals surface area contributed by atoms with Crippen molar-refractivity contribution in [1.82, 2.24) is 10.2 Å². The molecule has 1 aromatic rings. The molecule has 0 amide bonds. The summed E-state index contributed by atoms with van der Waals surface area (Å²) >= 11 is 2.03. The number of guanidine groups is 1. The number of hydrogen-bond acceptors (Lipinski definition) is 5. The van der Waals surface area contributed by atoms with Crippen LogP contribution in [0.25, 0.3) is 0 Å². The van der Waals surface area contributed by atoms with Crippen LogP contribution in [-0.4, -0.2) is 67.4 Å². The number of benzene rings is 1. The second-order valence-corrected chi connectivity index (χ2v) is 7.57. The highest BCUT2D eigenvalue weighted by Gasteiger charge is 2.22. The second kappa shape index (κ2) is 10.5. The Morgan fingerprint density at radius 2 is 2.19 bits per heavy atom. The van der Waals surface area contributed by atoms with E-state index in [0.717, 1.165) is 37.8 Å². The van der Waals surface area contributed by atoms with E-state index >= 15 is 0 Å². The molecule has 0 aromatic heterocycles. The van der Waals surface area contributed by atoms with Crippen LogP contribution in [0.2, 0.25) is 0 Å². The molecule has 2 atom stereocenters. The van der Waals surface area contributed by atoms with Crippen molar-refractivity contribution in [1.29, 1.82) is 0 Å². The normalized spacial score (nSPS) is 19.2. The Bertz CT molecular complexity index is 597. The van der Waals surface area contributed by atoms with Gasteiger partial charge in [0.05, 0.1) is 20.8 Å². The smallest absolute Gasteiger partial charge is 0.194 e. The maximum absolute atomic E-state index is 10.7. The van der Waals surface area contributed by atoms with Gasteiger partial charge in [0.2, 0.25) is 0 Å². The van der Waals surface area contributed by atoms with Crippen LogP contribution in [0.5, 0.6) is 11.5 Å². The fraction of sp³-hybridized carbons (Fsp3) is 0.632. The summed E-state index contributed by atoms with van der Waals surface area (Å²) in [5.74, 6) is 3.30. The quantitative estimate of drug-likeness (QED) is 0.559. The lowest BCUT2D eigenvalue weighted by atomic mass is 10.1. The molecule has 1 aliphatic rings. The molecule has 0 saturated carbocycles. The molecule has 2 rings (SSSR count). The monoisotopic (exact) mass is 381 g/mol. The third-order valence-electron chi connectivity index (χ3n) is 4.44. The van der Waals surface area contributed by atoms with Gasteiger partial charge in [0.25, 0.3) is 0 Å². The van der Waals surface area contributed by atoms with Gasteiger partial charge in [-0.15, -0.1) is 0 Å². The maximum atomic E-state index is 10.7. The number of rotatable bonds is 7. The number of ether oxygens (including phenoxy) is 2.